The molecule has 1 aromatic carbocycles. The Bertz CT molecular complexity index is 412. The Morgan fingerprint density at radius 2 is 1.79 bits per heavy atom. The van der Waals surface area contributed by atoms with E-state index in [0.717, 1.165) is 6.42 Å². The lowest BCUT2D eigenvalue weighted by Gasteiger charge is -2.08. The molecule has 0 aromatic heterocycles. The summed E-state index contributed by atoms with van der Waals surface area (Å²) in [6.45, 7) is 2.88. The fourth-order valence-corrected chi connectivity index (χ4v) is 2.18. The smallest absolute Gasteiger partial charge is 0.138 e. The molecule has 104 valence electrons. The second-order valence-corrected chi connectivity index (χ2v) is 5.10. The topological polar surface area (TPSA) is 33.0 Å². The van der Waals surface area contributed by atoms with Crippen molar-refractivity contribution >= 4 is 11.6 Å². The van der Waals surface area contributed by atoms with E-state index in [1.54, 1.807) is 12.1 Å². The summed E-state index contributed by atoms with van der Waals surface area (Å²) in [6.07, 6.45) is 8.76. The molecule has 0 fully saturated rings. The Kier molecular flexibility index (Phi) is 8.09. The van der Waals surface area contributed by atoms with Crippen molar-refractivity contribution in [2.45, 2.75) is 51.9 Å². The van der Waals surface area contributed by atoms with E-state index in [-0.39, 0.29) is 0 Å². The highest BCUT2D eigenvalue weighted by atomic mass is 35.5. The predicted molar refractivity (Wildman–Crippen MR) is 79.7 cm³/mol. The van der Waals surface area contributed by atoms with E-state index in [1.807, 2.05) is 6.07 Å². The molecule has 0 amide bonds. The van der Waals surface area contributed by atoms with Crippen molar-refractivity contribution in [3.63, 3.8) is 0 Å². The number of unbranched alkanes of at least 4 members (excludes halogenated alkanes) is 6. The van der Waals surface area contributed by atoms with Crippen LogP contribution in [0.1, 0.15) is 57.4 Å². The maximum absolute atomic E-state index is 9.01. The first-order chi connectivity index (χ1) is 9.29. The van der Waals surface area contributed by atoms with E-state index >= 15 is 0 Å². The minimum absolute atomic E-state index is 0.437. The molecule has 0 atom stereocenters. The lowest BCUT2D eigenvalue weighted by Crippen LogP contribution is -1.99. The van der Waals surface area contributed by atoms with Crippen LogP contribution in [0.5, 0.6) is 5.75 Å². The molecular weight excluding hydrogens is 258 g/mol. The molecule has 0 spiro atoms. The van der Waals surface area contributed by atoms with Gasteiger partial charge in [-0.25, -0.2) is 0 Å². The Morgan fingerprint density at radius 3 is 2.47 bits per heavy atom. The van der Waals surface area contributed by atoms with Gasteiger partial charge in [0.05, 0.1) is 11.6 Å². The van der Waals surface area contributed by atoms with Gasteiger partial charge in [0.2, 0.25) is 0 Å². The summed E-state index contributed by atoms with van der Waals surface area (Å²) >= 11 is 5.94. The predicted octanol–water partition coefficient (Wildman–Crippen LogP) is 5.34. The van der Waals surface area contributed by atoms with E-state index in [2.05, 4.69) is 13.0 Å². The van der Waals surface area contributed by atoms with Gasteiger partial charge in [0.1, 0.15) is 17.4 Å². The minimum atomic E-state index is 0.437. The first-order valence-corrected chi connectivity index (χ1v) is 7.48. The zero-order chi connectivity index (χ0) is 13.9. The maximum atomic E-state index is 9.01. The van der Waals surface area contributed by atoms with Gasteiger partial charge in [-0.05, 0) is 18.6 Å². The van der Waals surface area contributed by atoms with Crippen molar-refractivity contribution in [1.29, 1.82) is 5.26 Å². The van der Waals surface area contributed by atoms with Gasteiger partial charge in [-0.15, -0.1) is 0 Å². The van der Waals surface area contributed by atoms with E-state index in [0.29, 0.717) is 22.9 Å². The highest BCUT2D eigenvalue weighted by Gasteiger charge is 2.06. The summed E-state index contributed by atoms with van der Waals surface area (Å²) in [4.78, 5) is 0. The zero-order valence-electron chi connectivity index (χ0n) is 11.6. The van der Waals surface area contributed by atoms with Crippen LogP contribution in [0.25, 0.3) is 0 Å². The zero-order valence-corrected chi connectivity index (χ0v) is 12.4. The molecular formula is C16H22ClNO. The molecule has 3 heteroatoms. The molecule has 0 aliphatic heterocycles. The Hall–Kier alpha value is -1.20. The first kappa shape index (κ1) is 15.9. The highest BCUT2D eigenvalue weighted by Crippen LogP contribution is 2.25. The van der Waals surface area contributed by atoms with E-state index in [1.165, 1.54) is 38.5 Å². The average molecular weight is 280 g/mol. The third kappa shape index (κ3) is 5.98. The normalized spacial score (nSPS) is 10.2. The fraction of sp³-hybridized carbons (Fsp3) is 0.562. The van der Waals surface area contributed by atoms with Crippen molar-refractivity contribution in [3.8, 4) is 11.8 Å². The third-order valence-corrected chi connectivity index (χ3v) is 3.41. The quantitative estimate of drug-likeness (QED) is 0.572. The van der Waals surface area contributed by atoms with Gasteiger partial charge in [-0.2, -0.15) is 5.26 Å². The molecule has 0 unspecified atom stereocenters. The summed E-state index contributed by atoms with van der Waals surface area (Å²) in [5, 5.41) is 9.47. The second-order valence-electron chi connectivity index (χ2n) is 4.69. The minimum Gasteiger partial charge on any atom is -0.492 e. The van der Waals surface area contributed by atoms with Crippen LogP contribution in [0.3, 0.4) is 0 Å². The lowest BCUT2D eigenvalue weighted by atomic mass is 10.1. The molecule has 0 aliphatic rings. The SMILES string of the molecule is CCCCCCCCCOc1cccc(Cl)c1C#N. The molecule has 0 radical (unpaired) electrons. The monoisotopic (exact) mass is 279 g/mol. The van der Waals surface area contributed by atoms with Gasteiger partial charge in [-0.3, -0.25) is 0 Å². The summed E-state index contributed by atoms with van der Waals surface area (Å²) in [6, 6.07) is 7.40. The van der Waals surface area contributed by atoms with Crippen molar-refractivity contribution in [2.75, 3.05) is 6.61 Å². The molecule has 0 heterocycles. The summed E-state index contributed by atoms with van der Waals surface area (Å²) in [5.74, 6) is 0.598. The van der Waals surface area contributed by atoms with E-state index in [4.69, 9.17) is 21.6 Å². The van der Waals surface area contributed by atoms with Gasteiger partial charge >= 0.3 is 0 Å². The van der Waals surface area contributed by atoms with Crippen LogP contribution < -0.4 is 4.74 Å². The number of ether oxygens (including phenoxy) is 1. The number of hydrogen-bond acceptors (Lipinski definition) is 2. The Balaban J connectivity index is 2.20. The standard InChI is InChI=1S/C16H22ClNO/c1-2-3-4-5-6-7-8-12-19-16-11-9-10-15(17)14(16)13-18/h9-11H,2-8,12H2,1H3. The largest absolute Gasteiger partial charge is 0.492 e. The van der Waals surface area contributed by atoms with Crippen molar-refractivity contribution in [1.82, 2.24) is 0 Å². The van der Waals surface area contributed by atoms with Crippen LogP contribution in [-0.2, 0) is 0 Å². The van der Waals surface area contributed by atoms with Crippen molar-refractivity contribution < 1.29 is 4.74 Å². The van der Waals surface area contributed by atoms with Gasteiger partial charge in [0.25, 0.3) is 0 Å². The number of halogens is 1. The number of rotatable bonds is 9. The van der Waals surface area contributed by atoms with Gasteiger partial charge in [0, 0.05) is 0 Å². The Morgan fingerprint density at radius 1 is 1.11 bits per heavy atom. The van der Waals surface area contributed by atoms with Gasteiger partial charge < -0.3 is 4.74 Å². The van der Waals surface area contributed by atoms with Crippen LogP contribution in [0.4, 0.5) is 0 Å². The summed E-state index contributed by atoms with van der Waals surface area (Å²) in [7, 11) is 0. The summed E-state index contributed by atoms with van der Waals surface area (Å²) in [5.41, 5.74) is 0.437. The highest BCUT2D eigenvalue weighted by molar-refractivity contribution is 6.31. The van der Waals surface area contributed by atoms with Crippen LogP contribution >= 0.6 is 11.6 Å². The molecule has 1 aromatic rings. The van der Waals surface area contributed by atoms with Crippen LogP contribution in [0.15, 0.2) is 18.2 Å². The number of nitrogens with zero attached hydrogens (tertiary/aromatic N) is 1. The molecule has 0 N–H and O–H groups in total. The average Bonchev–Trinajstić information content (AvgIpc) is 2.42. The Labute approximate surface area is 121 Å². The fourth-order valence-electron chi connectivity index (χ4n) is 1.97. The first-order valence-electron chi connectivity index (χ1n) is 7.11. The molecule has 2 nitrogen and oxygen atoms in total. The summed E-state index contributed by atoms with van der Waals surface area (Å²) < 4.78 is 5.63. The molecule has 0 saturated heterocycles. The van der Waals surface area contributed by atoms with E-state index < -0.39 is 0 Å². The number of hydrogen-bond donors (Lipinski definition) is 0. The van der Waals surface area contributed by atoms with Gasteiger partial charge in [0.15, 0.2) is 0 Å². The molecule has 19 heavy (non-hydrogen) atoms. The number of benzene rings is 1. The van der Waals surface area contributed by atoms with Crippen LogP contribution in [0.2, 0.25) is 5.02 Å². The third-order valence-electron chi connectivity index (χ3n) is 3.09. The van der Waals surface area contributed by atoms with E-state index in [9.17, 15) is 0 Å². The lowest BCUT2D eigenvalue weighted by molar-refractivity contribution is 0.303. The van der Waals surface area contributed by atoms with Crippen molar-refractivity contribution in [3.05, 3.63) is 28.8 Å². The maximum Gasteiger partial charge on any atom is 0.138 e. The molecule has 0 bridgehead atoms. The second kappa shape index (κ2) is 9.69. The van der Waals surface area contributed by atoms with Crippen molar-refractivity contribution in [2.24, 2.45) is 0 Å². The van der Waals surface area contributed by atoms with Crippen LogP contribution in [-0.4, -0.2) is 6.61 Å². The molecule has 0 saturated carbocycles. The molecule has 1 rings (SSSR count). The van der Waals surface area contributed by atoms with Crippen LogP contribution in [0, 0.1) is 11.3 Å². The molecule has 0 aliphatic carbocycles. The van der Waals surface area contributed by atoms with Gasteiger partial charge in [-0.1, -0.05) is 63.1 Å². The number of nitriles is 1.